The van der Waals surface area contributed by atoms with Crippen molar-refractivity contribution < 1.29 is 13.2 Å². The Kier molecular flexibility index (Phi) is 4.73. The molecule has 0 bridgehead atoms. The van der Waals surface area contributed by atoms with Gasteiger partial charge in [0.05, 0.1) is 10.6 Å². The number of alkyl halides is 3. The van der Waals surface area contributed by atoms with E-state index < -0.39 is 11.7 Å². The molecule has 0 atom stereocenters. The molecule has 0 aromatic carbocycles. The van der Waals surface area contributed by atoms with Crippen molar-refractivity contribution in [1.29, 1.82) is 0 Å². The van der Waals surface area contributed by atoms with E-state index in [4.69, 9.17) is 11.6 Å². The molecular weight excluding hydrogens is 305 g/mol. The average molecular weight is 321 g/mol. The van der Waals surface area contributed by atoms with Crippen molar-refractivity contribution in [3.05, 3.63) is 28.7 Å². The molecular formula is C13H16ClF3N4. The summed E-state index contributed by atoms with van der Waals surface area (Å²) in [5, 5.41) is 11.0. The zero-order chi connectivity index (χ0) is 15.6. The molecule has 0 unspecified atom stereocenters. The van der Waals surface area contributed by atoms with Gasteiger partial charge < -0.3 is 5.32 Å². The Morgan fingerprint density at radius 1 is 1.33 bits per heavy atom. The molecule has 21 heavy (non-hydrogen) atoms. The van der Waals surface area contributed by atoms with E-state index in [2.05, 4.69) is 15.5 Å². The van der Waals surface area contributed by atoms with Gasteiger partial charge in [-0.15, -0.1) is 10.2 Å². The highest BCUT2D eigenvalue weighted by Gasteiger charge is 2.32. The van der Waals surface area contributed by atoms with Crippen molar-refractivity contribution in [3.8, 4) is 0 Å². The topological polar surface area (TPSA) is 42.2 Å². The van der Waals surface area contributed by atoms with Gasteiger partial charge >= 0.3 is 6.18 Å². The first-order valence-corrected chi connectivity index (χ1v) is 7.00. The van der Waals surface area contributed by atoms with Crippen LogP contribution in [0.15, 0.2) is 12.3 Å². The molecule has 116 valence electrons. The molecule has 2 heterocycles. The van der Waals surface area contributed by atoms with E-state index in [1.54, 1.807) is 0 Å². The highest BCUT2D eigenvalue weighted by Crippen LogP contribution is 2.32. The van der Waals surface area contributed by atoms with Crippen molar-refractivity contribution in [2.45, 2.75) is 38.9 Å². The van der Waals surface area contributed by atoms with Crippen molar-refractivity contribution in [2.75, 3.05) is 6.54 Å². The summed E-state index contributed by atoms with van der Waals surface area (Å²) in [6, 6.07) is 1.24. The minimum absolute atomic E-state index is 0.0520. The molecule has 0 fully saturated rings. The maximum Gasteiger partial charge on any atom is 0.417 e. The van der Waals surface area contributed by atoms with Crippen LogP contribution in [0.1, 0.15) is 31.7 Å². The fraction of sp³-hybridized carbons (Fsp3) is 0.538. The highest BCUT2D eigenvalue weighted by molar-refractivity contribution is 6.33. The molecule has 0 radical (unpaired) electrons. The Balaban J connectivity index is 2.23. The minimum Gasteiger partial charge on any atom is -0.315 e. The smallest absolute Gasteiger partial charge is 0.315 e. The Bertz CT molecular complexity index is 622. The van der Waals surface area contributed by atoms with Gasteiger partial charge in [-0.2, -0.15) is 13.2 Å². The molecule has 0 aliphatic rings. The summed E-state index contributed by atoms with van der Waals surface area (Å²) in [5.41, 5.74) is -0.558. The maximum atomic E-state index is 12.8. The fourth-order valence-electron chi connectivity index (χ4n) is 1.96. The van der Waals surface area contributed by atoms with Crippen molar-refractivity contribution in [2.24, 2.45) is 0 Å². The summed E-state index contributed by atoms with van der Waals surface area (Å²) >= 11 is 5.85. The Morgan fingerprint density at radius 3 is 2.67 bits per heavy atom. The van der Waals surface area contributed by atoms with E-state index in [1.807, 2.05) is 13.8 Å². The lowest BCUT2D eigenvalue weighted by molar-refractivity contribution is -0.137. The standard InChI is InChI=1S/C13H16ClF3N4/c1-8(2)18-5-3-4-11-19-20-12-10(14)6-9(7-21(11)12)13(15,16)17/h6-8,18H,3-5H2,1-2H3. The lowest BCUT2D eigenvalue weighted by atomic mass is 10.2. The van der Waals surface area contributed by atoms with Gasteiger partial charge in [0.25, 0.3) is 0 Å². The van der Waals surface area contributed by atoms with Crippen LogP contribution in [-0.4, -0.2) is 27.2 Å². The quantitative estimate of drug-likeness (QED) is 0.859. The van der Waals surface area contributed by atoms with Crippen LogP contribution in [0.3, 0.4) is 0 Å². The molecule has 2 aromatic heterocycles. The zero-order valence-corrected chi connectivity index (χ0v) is 12.5. The number of fused-ring (bicyclic) bond motifs is 1. The average Bonchev–Trinajstić information content (AvgIpc) is 2.77. The normalized spacial score (nSPS) is 12.5. The summed E-state index contributed by atoms with van der Waals surface area (Å²) in [5.74, 6) is 0.476. The number of aryl methyl sites for hydroxylation is 1. The number of nitrogens with zero attached hydrogens (tertiary/aromatic N) is 3. The third-order valence-corrected chi connectivity index (χ3v) is 3.27. The first-order valence-electron chi connectivity index (χ1n) is 6.63. The van der Waals surface area contributed by atoms with Crippen LogP contribution in [0.2, 0.25) is 5.02 Å². The molecule has 0 amide bonds. The highest BCUT2D eigenvalue weighted by atomic mass is 35.5. The number of pyridine rings is 1. The largest absolute Gasteiger partial charge is 0.417 e. The van der Waals surface area contributed by atoms with Crippen LogP contribution in [0.4, 0.5) is 13.2 Å². The second-order valence-electron chi connectivity index (χ2n) is 5.10. The summed E-state index contributed by atoms with van der Waals surface area (Å²) in [6.45, 7) is 4.82. The van der Waals surface area contributed by atoms with Crippen molar-refractivity contribution >= 4 is 17.2 Å². The predicted octanol–water partition coefficient (Wildman–Crippen LogP) is 3.33. The SMILES string of the molecule is CC(C)NCCCc1nnc2c(Cl)cc(C(F)(F)F)cn12. The van der Waals surface area contributed by atoms with Crippen LogP contribution >= 0.6 is 11.6 Å². The monoisotopic (exact) mass is 320 g/mol. The molecule has 8 heteroatoms. The van der Waals surface area contributed by atoms with E-state index in [0.29, 0.717) is 18.3 Å². The molecule has 0 aliphatic heterocycles. The summed E-state index contributed by atoms with van der Waals surface area (Å²) in [4.78, 5) is 0. The van der Waals surface area contributed by atoms with Gasteiger partial charge in [-0.05, 0) is 19.0 Å². The van der Waals surface area contributed by atoms with Crippen molar-refractivity contribution in [3.63, 3.8) is 0 Å². The minimum atomic E-state index is -4.45. The number of halogens is 4. The van der Waals surface area contributed by atoms with Crippen LogP contribution in [0.25, 0.3) is 5.65 Å². The van der Waals surface area contributed by atoms with Crippen LogP contribution in [-0.2, 0) is 12.6 Å². The number of aromatic nitrogens is 3. The molecule has 0 saturated heterocycles. The molecule has 2 rings (SSSR count). The molecule has 0 spiro atoms. The van der Waals surface area contributed by atoms with Crippen LogP contribution in [0.5, 0.6) is 0 Å². The number of nitrogens with one attached hydrogen (secondary N) is 1. The predicted molar refractivity (Wildman–Crippen MR) is 74.5 cm³/mol. The molecule has 0 saturated carbocycles. The van der Waals surface area contributed by atoms with E-state index in [-0.39, 0.29) is 10.7 Å². The third-order valence-electron chi connectivity index (χ3n) is 2.99. The summed E-state index contributed by atoms with van der Waals surface area (Å²) < 4.78 is 39.7. The van der Waals surface area contributed by atoms with E-state index in [1.165, 1.54) is 4.40 Å². The Labute approximate surface area is 125 Å². The van der Waals surface area contributed by atoms with Gasteiger partial charge in [0.15, 0.2) is 5.65 Å². The van der Waals surface area contributed by atoms with E-state index in [0.717, 1.165) is 25.2 Å². The lowest BCUT2D eigenvalue weighted by Crippen LogP contribution is -2.24. The molecule has 1 N–H and O–H groups in total. The van der Waals surface area contributed by atoms with Crippen LogP contribution in [0, 0.1) is 0 Å². The first kappa shape index (κ1) is 16.0. The maximum absolute atomic E-state index is 12.8. The van der Waals surface area contributed by atoms with Gasteiger partial charge in [0, 0.05) is 18.7 Å². The summed E-state index contributed by atoms with van der Waals surface area (Å²) in [7, 11) is 0. The molecule has 4 nitrogen and oxygen atoms in total. The second kappa shape index (κ2) is 6.19. The number of hydrogen-bond donors (Lipinski definition) is 1. The van der Waals surface area contributed by atoms with Gasteiger partial charge in [0.1, 0.15) is 5.82 Å². The number of hydrogen-bond acceptors (Lipinski definition) is 3. The van der Waals surface area contributed by atoms with E-state index >= 15 is 0 Å². The third kappa shape index (κ3) is 3.85. The van der Waals surface area contributed by atoms with Gasteiger partial charge in [-0.25, -0.2) is 0 Å². The lowest BCUT2D eigenvalue weighted by Gasteiger charge is -2.09. The first-order chi connectivity index (χ1) is 9.79. The van der Waals surface area contributed by atoms with Crippen LogP contribution < -0.4 is 5.32 Å². The molecule has 2 aromatic rings. The Hall–Kier alpha value is -1.34. The Morgan fingerprint density at radius 2 is 2.05 bits per heavy atom. The fourth-order valence-corrected chi connectivity index (χ4v) is 2.21. The van der Waals surface area contributed by atoms with Gasteiger partial charge in [-0.1, -0.05) is 25.4 Å². The van der Waals surface area contributed by atoms with Crippen molar-refractivity contribution in [1.82, 2.24) is 19.9 Å². The zero-order valence-electron chi connectivity index (χ0n) is 11.7. The van der Waals surface area contributed by atoms with Gasteiger partial charge in [0.2, 0.25) is 0 Å². The second-order valence-corrected chi connectivity index (χ2v) is 5.50. The number of rotatable bonds is 5. The summed E-state index contributed by atoms with van der Waals surface area (Å²) in [6.07, 6.45) is -2.17. The van der Waals surface area contributed by atoms with Gasteiger partial charge in [-0.3, -0.25) is 4.40 Å². The van der Waals surface area contributed by atoms with E-state index in [9.17, 15) is 13.2 Å². The molecule has 0 aliphatic carbocycles.